The summed E-state index contributed by atoms with van der Waals surface area (Å²) in [4.78, 5) is 11.5. The lowest BCUT2D eigenvalue weighted by atomic mass is 10.2. The zero-order valence-electron chi connectivity index (χ0n) is 11.6. The normalized spacial score (nSPS) is 10.5. The molecule has 0 aliphatic carbocycles. The first-order valence-electron chi connectivity index (χ1n) is 5.70. The molecule has 0 fully saturated rings. The molecule has 1 heterocycles. The lowest BCUT2D eigenvalue weighted by Crippen LogP contribution is -3.00. The van der Waals surface area contributed by atoms with Crippen molar-refractivity contribution in [3.05, 3.63) is 29.6 Å². The summed E-state index contributed by atoms with van der Waals surface area (Å²) in [6.07, 6.45) is 1.63. The maximum atomic E-state index is 11.5. The molecular formula is C13H21IN2O2. The van der Waals surface area contributed by atoms with Gasteiger partial charge in [0.25, 0.3) is 0 Å². The molecule has 1 aromatic heterocycles. The SMILES string of the molecule is Cc1ccc(CNC(=O)OC(C)(C)C)[n+](C)c1.[I-]. The number of pyridine rings is 1. The minimum atomic E-state index is -0.459. The van der Waals surface area contributed by atoms with Gasteiger partial charge in [0.05, 0.1) is 0 Å². The molecule has 0 aromatic carbocycles. The van der Waals surface area contributed by atoms with E-state index in [1.54, 1.807) is 0 Å². The van der Waals surface area contributed by atoms with Crippen molar-refractivity contribution >= 4 is 6.09 Å². The standard InChI is InChI=1S/C13H20N2O2.HI/c1-10-6-7-11(15(5)9-10)8-14-12(16)17-13(2,3)4;/h6-7,9H,8H2,1-5H3;1H. The number of hydrogen-bond donors (Lipinski definition) is 1. The molecule has 5 heteroatoms. The van der Waals surface area contributed by atoms with Gasteiger partial charge >= 0.3 is 6.09 Å². The summed E-state index contributed by atoms with van der Waals surface area (Å²) in [6, 6.07) is 4.01. The Morgan fingerprint density at radius 1 is 1.39 bits per heavy atom. The molecule has 18 heavy (non-hydrogen) atoms. The fourth-order valence-corrected chi connectivity index (χ4v) is 1.44. The number of aryl methyl sites for hydroxylation is 2. The molecule has 0 bridgehead atoms. The number of amides is 1. The predicted molar refractivity (Wildman–Crippen MR) is 65.4 cm³/mol. The van der Waals surface area contributed by atoms with E-state index in [1.807, 2.05) is 57.6 Å². The van der Waals surface area contributed by atoms with Crippen LogP contribution in [-0.2, 0) is 18.3 Å². The van der Waals surface area contributed by atoms with Gasteiger partial charge in [-0.2, -0.15) is 0 Å². The molecule has 0 atom stereocenters. The summed E-state index contributed by atoms with van der Waals surface area (Å²) in [7, 11) is 1.96. The summed E-state index contributed by atoms with van der Waals surface area (Å²) < 4.78 is 7.16. The van der Waals surface area contributed by atoms with Crippen LogP contribution in [0.5, 0.6) is 0 Å². The number of aromatic nitrogens is 1. The van der Waals surface area contributed by atoms with E-state index in [0.717, 1.165) is 5.69 Å². The third-order valence-electron chi connectivity index (χ3n) is 2.20. The van der Waals surface area contributed by atoms with Crippen LogP contribution in [0.2, 0.25) is 0 Å². The van der Waals surface area contributed by atoms with Crippen molar-refractivity contribution in [2.24, 2.45) is 7.05 Å². The Balaban J connectivity index is 0.00000289. The monoisotopic (exact) mass is 364 g/mol. The molecular weight excluding hydrogens is 343 g/mol. The first kappa shape index (κ1) is 17.2. The molecule has 0 spiro atoms. The molecule has 1 amide bonds. The Bertz CT molecular complexity index is 414. The quantitative estimate of drug-likeness (QED) is 0.532. The highest BCUT2D eigenvalue weighted by atomic mass is 127. The Labute approximate surface area is 126 Å². The molecule has 1 aromatic rings. The summed E-state index contributed by atoms with van der Waals surface area (Å²) in [5, 5.41) is 2.73. The molecule has 0 aliphatic rings. The number of carbonyl (C=O) groups is 1. The van der Waals surface area contributed by atoms with Crippen LogP contribution in [0, 0.1) is 6.92 Å². The lowest BCUT2D eigenvalue weighted by molar-refractivity contribution is -0.679. The number of carbonyl (C=O) groups excluding carboxylic acids is 1. The second-order valence-corrected chi connectivity index (χ2v) is 5.16. The maximum absolute atomic E-state index is 11.5. The van der Waals surface area contributed by atoms with E-state index >= 15 is 0 Å². The van der Waals surface area contributed by atoms with Gasteiger partial charge in [-0.15, -0.1) is 0 Å². The first-order valence-corrected chi connectivity index (χ1v) is 5.70. The minimum absolute atomic E-state index is 0. The van der Waals surface area contributed by atoms with Crippen molar-refractivity contribution < 1.29 is 38.1 Å². The van der Waals surface area contributed by atoms with Crippen molar-refractivity contribution in [2.45, 2.75) is 39.8 Å². The summed E-state index contributed by atoms with van der Waals surface area (Å²) in [5.74, 6) is 0. The van der Waals surface area contributed by atoms with E-state index in [-0.39, 0.29) is 24.0 Å². The second-order valence-electron chi connectivity index (χ2n) is 5.16. The van der Waals surface area contributed by atoms with Gasteiger partial charge in [-0.1, -0.05) is 0 Å². The molecule has 0 radical (unpaired) electrons. The van der Waals surface area contributed by atoms with Gasteiger partial charge in [-0.05, 0) is 33.8 Å². The third kappa shape index (κ3) is 6.18. The van der Waals surface area contributed by atoms with Crippen LogP contribution in [0.3, 0.4) is 0 Å². The van der Waals surface area contributed by atoms with Crippen molar-refractivity contribution in [3.8, 4) is 0 Å². The molecule has 4 nitrogen and oxygen atoms in total. The Morgan fingerprint density at radius 3 is 2.50 bits per heavy atom. The van der Waals surface area contributed by atoms with Gasteiger partial charge in [-0.3, -0.25) is 0 Å². The van der Waals surface area contributed by atoms with E-state index in [4.69, 9.17) is 4.74 Å². The molecule has 0 saturated heterocycles. The Hall–Kier alpha value is -0.850. The number of nitrogens with zero attached hydrogens (tertiary/aromatic N) is 1. The average Bonchev–Trinajstić information content (AvgIpc) is 2.13. The molecule has 0 aliphatic heterocycles. The maximum Gasteiger partial charge on any atom is 0.408 e. The molecule has 1 N–H and O–H groups in total. The van der Waals surface area contributed by atoms with E-state index in [0.29, 0.717) is 6.54 Å². The van der Waals surface area contributed by atoms with Crippen LogP contribution in [0.1, 0.15) is 32.0 Å². The van der Waals surface area contributed by atoms with Gasteiger partial charge in [0, 0.05) is 11.6 Å². The van der Waals surface area contributed by atoms with Crippen LogP contribution >= 0.6 is 0 Å². The summed E-state index contributed by atoms with van der Waals surface area (Å²) >= 11 is 0. The van der Waals surface area contributed by atoms with Gasteiger partial charge in [0.1, 0.15) is 19.2 Å². The van der Waals surface area contributed by atoms with E-state index in [2.05, 4.69) is 5.32 Å². The smallest absolute Gasteiger partial charge is 0.408 e. The fraction of sp³-hybridized carbons (Fsp3) is 0.538. The first-order chi connectivity index (χ1) is 7.78. The van der Waals surface area contributed by atoms with Crippen molar-refractivity contribution in [2.75, 3.05) is 0 Å². The fourth-order valence-electron chi connectivity index (χ4n) is 1.44. The van der Waals surface area contributed by atoms with Crippen LogP contribution in [-0.4, -0.2) is 11.7 Å². The zero-order chi connectivity index (χ0) is 13.1. The van der Waals surface area contributed by atoms with Crippen LogP contribution < -0.4 is 33.9 Å². The van der Waals surface area contributed by atoms with Crippen LogP contribution in [0.25, 0.3) is 0 Å². The minimum Gasteiger partial charge on any atom is -1.00 e. The Morgan fingerprint density at radius 2 is 2.00 bits per heavy atom. The van der Waals surface area contributed by atoms with Crippen LogP contribution in [0.4, 0.5) is 4.79 Å². The number of ether oxygens (including phenoxy) is 1. The van der Waals surface area contributed by atoms with E-state index < -0.39 is 11.7 Å². The topological polar surface area (TPSA) is 42.2 Å². The second kappa shape index (κ2) is 6.92. The molecule has 102 valence electrons. The average molecular weight is 364 g/mol. The van der Waals surface area contributed by atoms with Gasteiger partial charge in [-0.25, -0.2) is 9.36 Å². The molecule has 1 rings (SSSR count). The van der Waals surface area contributed by atoms with Crippen LogP contribution in [0.15, 0.2) is 18.3 Å². The number of nitrogens with one attached hydrogen (secondary N) is 1. The third-order valence-corrected chi connectivity index (χ3v) is 2.20. The highest BCUT2D eigenvalue weighted by Crippen LogP contribution is 2.06. The van der Waals surface area contributed by atoms with Crippen molar-refractivity contribution in [3.63, 3.8) is 0 Å². The predicted octanol–water partition coefficient (Wildman–Crippen LogP) is -1.15. The summed E-state index contributed by atoms with van der Waals surface area (Å²) in [6.45, 7) is 8.03. The van der Waals surface area contributed by atoms with E-state index in [1.165, 1.54) is 5.56 Å². The largest absolute Gasteiger partial charge is 1.00 e. The highest BCUT2D eigenvalue weighted by Gasteiger charge is 2.16. The molecule has 0 saturated carbocycles. The van der Waals surface area contributed by atoms with E-state index in [9.17, 15) is 4.79 Å². The van der Waals surface area contributed by atoms with Crippen molar-refractivity contribution in [1.82, 2.24) is 5.32 Å². The number of rotatable bonds is 2. The van der Waals surface area contributed by atoms with Gasteiger partial charge in [0.15, 0.2) is 6.20 Å². The summed E-state index contributed by atoms with van der Waals surface area (Å²) in [5.41, 5.74) is 1.76. The Kier molecular flexibility index (Phi) is 6.59. The highest BCUT2D eigenvalue weighted by molar-refractivity contribution is 5.67. The molecule has 0 unspecified atom stereocenters. The van der Waals surface area contributed by atoms with Crippen molar-refractivity contribution in [1.29, 1.82) is 0 Å². The lowest BCUT2D eigenvalue weighted by Gasteiger charge is -2.19. The van der Waals surface area contributed by atoms with Gasteiger partial charge < -0.3 is 34.0 Å². The number of hydrogen-bond acceptors (Lipinski definition) is 2. The number of halogens is 1. The number of alkyl carbamates (subject to hydrolysis) is 1. The zero-order valence-corrected chi connectivity index (χ0v) is 13.7. The van der Waals surface area contributed by atoms with Gasteiger partial charge in [0.2, 0.25) is 5.69 Å².